The normalized spacial score (nSPS) is 11.0. The molecule has 0 aromatic heterocycles. The van der Waals surface area contributed by atoms with E-state index in [1.54, 1.807) is 61.5 Å². The summed E-state index contributed by atoms with van der Waals surface area (Å²) in [5.74, 6) is -0.905. The first-order chi connectivity index (χ1) is 15.7. The van der Waals surface area contributed by atoms with E-state index in [0.29, 0.717) is 16.9 Å². The van der Waals surface area contributed by atoms with Gasteiger partial charge in [0.15, 0.2) is 0 Å². The van der Waals surface area contributed by atoms with Crippen LogP contribution < -0.4 is 9.62 Å². The molecule has 0 unspecified atom stereocenters. The van der Waals surface area contributed by atoms with Gasteiger partial charge in [-0.05, 0) is 61.4 Å². The SMILES string of the molecule is CCOC(=O)c1ccccc1NC(=O)c1ccc(CN(c2cccc(C)c2)S(C)(=O)=O)cc1. The Bertz CT molecular complexity index is 1250. The van der Waals surface area contributed by atoms with Gasteiger partial charge in [0.1, 0.15) is 0 Å². The summed E-state index contributed by atoms with van der Waals surface area (Å²) >= 11 is 0. The second-order valence-corrected chi connectivity index (χ2v) is 9.43. The number of benzene rings is 3. The summed E-state index contributed by atoms with van der Waals surface area (Å²) in [5, 5.41) is 2.74. The summed E-state index contributed by atoms with van der Waals surface area (Å²) in [4.78, 5) is 24.9. The molecular weight excluding hydrogens is 440 g/mol. The van der Waals surface area contributed by atoms with Gasteiger partial charge in [-0.25, -0.2) is 13.2 Å². The Hall–Kier alpha value is -3.65. The van der Waals surface area contributed by atoms with Crippen LogP contribution in [0, 0.1) is 6.92 Å². The van der Waals surface area contributed by atoms with Crippen molar-refractivity contribution in [3.8, 4) is 0 Å². The second kappa shape index (κ2) is 10.3. The molecule has 3 rings (SSSR count). The fourth-order valence-electron chi connectivity index (χ4n) is 3.28. The highest BCUT2D eigenvalue weighted by molar-refractivity contribution is 7.92. The molecule has 0 heterocycles. The number of para-hydroxylation sites is 1. The highest BCUT2D eigenvalue weighted by atomic mass is 32.2. The molecule has 0 saturated heterocycles. The van der Waals surface area contributed by atoms with E-state index in [-0.39, 0.29) is 18.7 Å². The Kier molecular flexibility index (Phi) is 7.50. The van der Waals surface area contributed by atoms with Gasteiger partial charge in [-0.1, -0.05) is 36.4 Å². The van der Waals surface area contributed by atoms with Crippen LogP contribution in [0.5, 0.6) is 0 Å². The van der Waals surface area contributed by atoms with Crippen molar-refractivity contribution in [2.75, 3.05) is 22.5 Å². The number of esters is 1. The average Bonchev–Trinajstić information content (AvgIpc) is 2.77. The summed E-state index contributed by atoms with van der Waals surface area (Å²) in [7, 11) is -3.51. The summed E-state index contributed by atoms with van der Waals surface area (Å²) in [6.07, 6.45) is 1.16. The summed E-state index contributed by atoms with van der Waals surface area (Å²) in [6.45, 7) is 3.98. The highest BCUT2D eigenvalue weighted by Gasteiger charge is 2.19. The van der Waals surface area contributed by atoms with Gasteiger partial charge in [0.2, 0.25) is 10.0 Å². The van der Waals surface area contributed by atoms with Crippen molar-refractivity contribution in [1.82, 2.24) is 0 Å². The largest absolute Gasteiger partial charge is 0.462 e. The molecule has 3 aromatic carbocycles. The molecule has 8 heteroatoms. The van der Waals surface area contributed by atoms with E-state index in [0.717, 1.165) is 17.4 Å². The second-order valence-electron chi connectivity index (χ2n) is 7.53. The van der Waals surface area contributed by atoms with Crippen molar-refractivity contribution in [1.29, 1.82) is 0 Å². The predicted molar refractivity (Wildman–Crippen MR) is 129 cm³/mol. The molecule has 0 bridgehead atoms. The molecule has 0 atom stereocenters. The summed E-state index contributed by atoms with van der Waals surface area (Å²) < 4.78 is 31.1. The van der Waals surface area contributed by atoms with E-state index in [1.807, 2.05) is 25.1 Å². The lowest BCUT2D eigenvalue weighted by Crippen LogP contribution is -2.29. The first-order valence-electron chi connectivity index (χ1n) is 10.4. The number of anilines is 2. The zero-order valence-corrected chi connectivity index (χ0v) is 19.6. The van der Waals surface area contributed by atoms with Crippen LogP contribution in [0.2, 0.25) is 0 Å². The third-order valence-corrected chi connectivity index (χ3v) is 6.04. The van der Waals surface area contributed by atoms with Gasteiger partial charge in [-0.15, -0.1) is 0 Å². The maximum Gasteiger partial charge on any atom is 0.340 e. The van der Waals surface area contributed by atoms with E-state index < -0.39 is 21.9 Å². The van der Waals surface area contributed by atoms with E-state index in [1.165, 1.54) is 4.31 Å². The minimum atomic E-state index is -3.51. The van der Waals surface area contributed by atoms with E-state index >= 15 is 0 Å². The number of hydrogen-bond donors (Lipinski definition) is 1. The van der Waals surface area contributed by atoms with E-state index in [9.17, 15) is 18.0 Å². The highest BCUT2D eigenvalue weighted by Crippen LogP contribution is 2.22. The van der Waals surface area contributed by atoms with E-state index in [4.69, 9.17) is 4.74 Å². The smallest absolute Gasteiger partial charge is 0.340 e. The third kappa shape index (κ3) is 6.20. The van der Waals surface area contributed by atoms with Gasteiger partial charge in [0.05, 0.1) is 36.3 Å². The topological polar surface area (TPSA) is 92.8 Å². The quantitative estimate of drug-likeness (QED) is 0.497. The fraction of sp³-hybridized carbons (Fsp3) is 0.200. The molecule has 1 N–H and O–H groups in total. The van der Waals surface area contributed by atoms with Gasteiger partial charge in [0.25, 0.3) is 5.91 Å². The molecule has 0 radical (unpaired) electrons. The van der Waals surface area contributed by atoms with Crippen LogP contribution in [0.1, 0.15) is 38.8 Å². The molecular formula is C25H26N2O5S. The lowest BCUT2D eigenvalue weighted by atomic mass is 10.1. The Morgan fingerprint density at radius 1 is 0.970 bits per heavy atom. The molecule has 3 aromatic rings. The number of hydrogen-bond acceptors (Lipinski definition) is 5. The van der Waals surface area contributed by atoms with Crippen LogP contribution in [0.3, 0.4) is 0 Å². The Morgan fingerprint density at radius 2 is 1.67 bits per heavy atom. The molecule has 172 valence electrons. The Morgan fingerprint density at radius 3 is 2.30 bits per heavy atom. The van der Waals surface area contributed by atoms with Crippen molar-refractivity contribution < 1.29 is 22.7 Å². The molecule has 0 saturated carbocycles. The van der Waals surface area contributed by atoms with Crippen LogP contribution in [0.4, 0.5) is 11.4 Å². The number of sulfonamides is 1. The molecule has 0 aliphatic rings. The van der Waals surface area contributed by atoms with Crippen molar-refractivity contribution in [2.24, 2.45) is 0 Å². The van der Waals surface area contributed by atoms with Crippen molar-refractivity contribution in [2.45, 2.75) is 20.4 Å². The molecule has 7 nitrogen and oxygen atoms in total. The molecule has 33 heavy (non-hydrogen) atoms. The number of aryl methyl sites for hydroxylation is 1. The number of amides is 1. The lowest BCUT2D eigenvalue weighted by Gasteiger charge is -2.23. The van der Waals surface area contributed by atoms with Crippen molar-refractivity contribution in [3.63, 3.8) is 0 Å². The molecule has 1 amide bonds. The van der Waals surface area contributed by atoms with Crippen LogP contribution in [-0.4, -0.2) is 33.2 Å². The zero-order chi connectivity index (χ0) is 24.0. The predicted octanol–water partition coefficient (Wildman–Crippen LogP) is 4.39. The number of nitrogens with zero attached hydrogens (tertiary/aromatic N) is 1. The van der Waals surface area contributed by atoms with Crippen LogP contribution in [-0.2, 0) is 21.3 Å². The molecule has 0 spiro atoms. The van der Waals surface area contributed by atoms with E-state index in [2.05, 4.69) is 5.32 Å². The number of nitrogens with one attached hydrogen (secondary N) is 1. The monoisotopic (exact) mass is 466 g/mol. The van der Waals surface area contributed by atoms with Crippen molar-refractivity contribution in [3.05, 3.63) is 95.1 Å². The summed E-state index contributed by atoms with van der Waals surface area (Å²) in [6, 6.07) is 20.5. The molecule has 0 aliphatic carbocycles. The van der Waals surface area contributed by atoms with Crippen LogP contribution >= 0.6 is 0 Å². The first kappa shape index (κ1) is 24.0. The van der Waals surface area contributed by atoms with Gasteiger partial charge in [0, 0.05) is 5.56 Å². The van der Waals surface area contributed by atoms with Gasteiger partial charge < -0.3 is 10.1 Å². The maximum atomic E-state index is 12.7. The Balaban J connectivity index is 1.77. The van der Waals surface area contributed by atoms with Crippen LogP contribution in [0.25, 0.3) is 0 Å². The molecule has 0 aliphatic heterocycles. The maximum absolute atomic E-state index is 12.7. The van der Waals surface area contributed by atoms with Gasteiger partial charge in [-0.2, -0.15) is 0 Å². The van der Waals surface area contributed by atoms with Crippen molar-refractivity contribution >= 4 is 33.3 Å². The molecule has 0 fully saturated rings. The summed E-state index contributed by atoms with van der Waals surface area (Å²) in [5.41, 5.74) is 3.26. The minimum Gasteiger partial charge on any atom is -0.462 e. The van der Waals surface area contributed by atoms with Gasteiger partial charge >= 0.3 is 5.97 Å². The number of ether oxygens (including phenoxy) is 1. The fourth-order valence-corrected chi connectivity index (χ4v) is 4.16. The van der Waals surface area contributed by atoms with Gasteiger partial charge in [-0.3, -0.25) is 9.10 Å². The number of rotatable bonds is 8. The standard InChI is InChI=1S/C25H26N2O5S/c1-4-32-25(29)22-10-5-6-11-23(22)26-24(28)20-14-12-19(13-15-20)17-27(33(3,30)31)21-9-7-8-18(2)16-21/h5-16H,4,17H2,1-3H3,(H,26,28). The Labute approximate surface area is 194 Å². The minimum absolute atomic E-state index is 0.135. The van der Waals surface area contributed by atoms with Crippen LogP contribution in [0.15, 0.2) is 72.8 Å². The third-order valence-electron chi connectivity index (χ3n) is 4.90. The first-order valence-corrected chi connectivity index (χ1v) is 12.2. The lowest BCUT2D eigenvalue weighted by molar-refractivity contribution is 0.0527. The number of carbonyl (C=O) groups is 2. The zero-order valence-electron chi connectivity index (χ0n) is 18.7. The number of carbonyl (C=O) groups excluding carboxylic acids is 2. The average molecular weight is 467 g/mol.